The van der Waals surface area contributed by atoms with Gasteiger partial charge in [-0.15, -0.1) is 0 Å². The molecule has 2 bridgehead atoms. The number of hydrogen-bond donors (Lipinski definition) is 4. The molecule has 2 aliphatic rings. The number of carbonyl (C=O) groups is 7. The maximum absolute atomic E-state index is 13.8. The average Bonchev–Trinajstić information content (AvgIpc) is 3.92. The number of unbranched alkanes of at least 4 members (excludes halogenated alkanes) is 8. The predicted molar refractivity (Wildman–Crippen MR) is 235 cm³/mol. The minimum atomic E-state index is -1.72. The molecule has 0 saturated heterocycles. The number of cyclic esters (lactones) is 1. The minimum absolute atomic E-state index is 0.0104. The van der Waals surface area contributed by atoms with E-state index in [9.17, 15) is 38.7 Å². The van der Waals surface area contributed by atoms with Crippen molar-refractivity contribution in [2.45, 2.75) is 142 Å². The van der Waals surface area contributed by atoms with Crippen LogP contribution in [0, 0.1) is 11.8 Å². The first-order valence-electron chi connectivity index (χ1n) is 22.1. The molecule has 1 aromatic heterocycles. The van der Waals surface area contributed by atoms with Gasteiger partial charge in [0.2, 0.25) is 11.8 Å². The topological polar surface area (TPSA) is 253 Å². The number of carboxylic acid groups (broad SMARTS) is 2. The van der Waals surface area contributed by atoms with Gasteiger partial charge in [0.15, 0.2) is 12.3 Å². The highest BCUT2D eigenvalue weighted by molar-refractivity contribution is 5.96. The van der Waals surface area contributed by atoms with E-state index >= 15 is 0 Å². The SMILES string of the molecule is CCCCCCCCCCCC(=O)OC1/C=C(C)\C=C\CNC(=O)/C=C\C(C)C(C(C)C)OC(=O)C2C=CCN2C(=O)c2coc(n2)C/C(=N\OCC(=O)NC(CC(=O)O)C(=O)O)C1. The van der Waals surface area contributed by atoms with Gasteiger partial charge in [-0.05, 0) is 31.4 Å². The lowest BCUT2D eigenvalue weighted by Gasteiger charge is -2.29. The number of hydrogen-bond acceptors (Lipinski definition) is 13. The fraction of sp³-hybridized carbons (Fsp3) is 0.587. The van der Waals surface area contributed by atoms with Crippen molar-refractivity contribution < 1.29 is 62.5 Å². The van der Waals surface area contributed by atoms with Crippen LogP contribution < -0.4 is 10.6 Å². The van der Waals surface area contributed by atoms with Crippen LogP contribution in [0.1, 0.15) is 128 Å². The quantitative estimate of drug-likeness (QED) is 0.0569. The number of aromatic nitrogens is 1. The van der Waals surface area contributed by atoms with Crippen molar-refractivity contribution in [1.82, 2.24) is 20.5 Å². The summed E-state index contributed by atoms with van der Waals surface area (Å²) in [5.74, 6) is -6.56. The molecule has 5 atom stereocenters. The molecule has 0 radical (unpaired) electrons. The molecule has 0 saturated carbocycles. The lowest BCUT2D eigenvalue weighted by atomic mass is 9.94. The van der Waals surface area contributed by atoms with Gasteiger partial charge < -0.3 is 44.5 Å². The van der Waals surface area contributed by atoms with Gasteiger partial charge in [-0.3, -0.25) is 24.0 Å². The molecule has 352 valence electrons. The summed E-state index contributed by atoms with van der Waals surface area (Å²) in [6.45, 7) is 9.00. The first-order chi connectivity index (χ1) is 30.6. The number of nitrogens with one attached hydrogen (secondary N) is 2. The lowest BCUT2D eigenvalue weighted by molar-refractivity contribution is -0.156. The second kappa shape index (κ2) is 27.9. The lowest BCUT2D eigenvalue weighted by Crippen LogP contribution is -2.44. The van der Waals surface area contributed by atoms with Crippen LogP contribution in [0.25, 0.3) is 0 Å². The molecule has 0 aromatic carbocycles. The maximum atomic E-state index is 13.8. The van der Waals surface area contributed by atoms with E-state index in [4.69, 9.17) is 23.8 Å². The zero-order valence-corrected chi connectivity index (χ0v) is 37.6. The second-order valence-electron chi connectivity index (χ2n) is 16.4. The summed E-state index contributed by atoms with van der Waals surface area (Å²) in [6, 6.07) is -2.78. The molecule has 3 rings (SSSR count). The normalized spacial score (nSPS) is 23.0. The number of ether oxygens (including phenoxy) is 2. The van der Waals surface area contributed by atoms with Gasteiger partial charge in [-0.25, -0.2) is 14.6 Å². The van der Waals surface area contributed by atoms with E-state index < -0.39 is 73.0 Å². The maximum Gasteiger partial charge on any atom is 0.333 e. The summed E-state index contributed by atoms with van der Waals surface area (Å²) in [5, 5.41) is 27.4. The number of oxime groups is 1. The Bertz CT molecular complexity index is 1900. The Labute approximate surface area is 374 Å². The van der Waals surface area contributed by atoms with Crippen LogP contribution in [0.5, 0.6) is 0 Å². The smallest absolute Gasteiger partial charge is 0.333 e. The highest BCUT2D eigenvalue weighted by Crippen LogP contribution is 2.23. The van der Waals surface area contributed by atoms with Crippen molar-refractivity contribution in [1.29, 1.82) is 0 Å². The molecule has 0 aliphatic carbocycles. The number of carbonyl (C=O) groups excluding carboxylic acids is 5. The summed E-state index contributed by atoms with van der Waals surface area (Å²) >= 11 is 0. The number of allylic oxidation sites excluding steroid dienone is 2. The highest BCUT2D eigenvalue weighted by Gasteiger charge is 2.36. The van der Waals surface area contributed by atoms with E-state index in [-0.39, 0.29) is 67.4 Å². The molecule has 0 fully saturated rings. The predicted octanol–water partition coefficient (Wildman–Crippen LogP) is 5.63. The Morgan fingerprint density at radius 1 is 1.00 bits per heavy atom. The Morgan fingerprint density at radius 3 is 2.38 bits per heavy atom. The number of aliphatic carboxylic acids is 2. The van der Waals surface area contributed by atoms with Crippen LogP contribution in [0.4, 0.5) is 0 Å². The van der Waals surface area contributed by atoms with Gasteiger partial charge in [-0.2, -0.15) is 0 Å². The van der Waals surface area contributed by atoms with E-state index in [0.717, 1.165) is 31.9 Å². The van der Waals surface area contributed by atoms with E-state index in [1.54, 1.807) is 43.4 Å². The van der Waals surface area contributed by atoms with Crippen LogP contribution in [-0.2, 0) is 49.5 Å². The van der Waals surface area contributed by atoms with Crippen LogP contribution in [-0.4, -0.2) is 111 Å². The summed E-state index contributed by atoms with van der Waals surface area (Å²) in [7, 11) is 0. The molecular weight excluding hydrogens is 831 g/mol. The molecule has 18 heteroatoms. The first-order valence-corrected chi connectivity index (χ1v) is 22.1. The fourth-order valence-corrected chi connectivity index (χ4v) is 7.07. The van der Waals surface area contributed by atoms with E-state index in [1.807, 2.05) is 20.8 Å². The molecule has 18 nitrogen and oxygen atoms in total. The largest absolute Gasteiger partial charge is 0.481 e. The van der Waals surface area contributed by atoms with Crippen molar-refractivity contribution in [3.63, 3.8) is 0 Å². The van der Waals surface area contributed by atoms with Gasteiger partial charge in [0.05, 0.1) is 18.6 Å². The van der Waals surface area contributed by atoms with Crippen molar-refractivity contribution in [2.24, 2.45) is 17.0 Å². The number of rotatable bonds is 19. The van der Waals surface area contributed by atoms with E-state index in [2.05, 4.69) is 27.7 Å². The molecule has 3 heterocycles. The molecule has 2 aliphatic heterocycles. The number of oxazole rings is 1. The number of esters is 2. The van der Waals surface area contributed by atoms with Crippen molar-refractivity contribution in [3.8, 4) is 0 Å². The van der Waals surface area contributed by atoms with Crippen LogP contribution in [0.15, 0.2) is 63.9 Å². The fourth-order valence-electron chi connectivity index (χ4n) is 7.07. The number of amides is 3. The third-order valence-electron chi connectivity index (χ3n) is 10.4. The molecule has 1 aromatic rings. The second-order valence-corrected chi connectivity index (χ2v) is 16.4. The number of carboxylic acids is 2. The summed E-state index contributed by atoms with van der Waals surface area (Å²) in [5.41, 5.74) is 0.675. The Hall–Kier alpha value is -6.07. The van der Waals surface area contributed by atoms with E-state index in [1.165, 1.54) is 36.7 Å². The first kappa shape index (κ1) is 52.3. The zero-order chi connectivity index (χ0) is 47.0. The minimum Gasteiger partial charge on any atom is -0.481 e. The number of fused-ring (bicyclic) bond motifs is 3. The Morgan fingerprint density at radius 2 is 1.70 bits per heavy atom. The average molecular weight is 896 g/mol. The molecule has 3 amide bonds. The summed E-state index contributed by atoms with van der Waals surface area (Å²) < 4.78 is 17.6. The van der Waals surface area contributed by atoms with Crippen LogP contribution in [0.3, 0.4) is 0 Å². The van der Waals surface area contributed by atoms with Gasteiger partial charge in [0.25, 0.3) is 11.8 Å². The molecule has 0 spiro atoms. The summed E-state index contributed by atoms with van der Waals surface area (Å²) in [6.07, 6.45) is 19.5. The van der Waals surface area contributed by atoms with Crippen LogP contribution >= 0.6 is 0 Å². The van der Waals surface area contributed by atoms with Gasteiger partial charge in [0, 0.05) is 31.8 Å². The standard InChI is InChI=1S/C46H65N5O13/c1-6-7-8-9-10-11-12-13-14-19-42(56)63-34-24-31(4)17-15-22-47-38(52)21-20-32(5)43(30(2)3)64-46(60)37-18-16-23-51(37)44(57)36-28-61-40(49-36)26-33(25-34)50-62-29-39(53)48-35(45(58)59)27-41(54)55/h15-18,20-21,24,28,30,32,34-35,37,43H,6-14,19,22-23,25-27,29H2,1-5H3,(H,47,52)(H,48,53)(H,54,55)(H,58,59)/b17-15+,21-20-,31-24-,50-33-. The van der Waals surface area contributed by atoms with Gasteiger partial charge in [0.1, 0.15) is 30.6 Å². The van der Waals surface area contributed by atoms with Crippen molar-refractivity contribution >= 4 is 47.3 Å². The Balaban J connectivity index is 1.94. The van der Waals surface area contributed by atoms with E-state index in [0.29, 0.717) is 12.0 Å². The van der Waals surface area contributed by atoms with Crippen molar-refractivity contribution in [3.05, 3.63) is 66.0 Å². The molecule has 64 heavy (non-hydrogen) atoms. The highest BCUT2D eigenvalue weighted by atomic mass is 16.6. The molecular formula is C46H65N5O13. The third-order valence-corrected chi connectivity index (χ3v) is 10.4. The third kappa shape index (κ3) is 19.1. The Kier molecular flexibility index (Phi) is 22.8. The van der Waals surface area contributed by atoms with Gasteiger partial charge >= 0.3 is 23.9 Å². The van der Waals surface area contributed by atoms with Crippen molar-refractivity contribution in [2.75, 3.05) is 19.7 Å². The van der Waals surface area contributed by atoms with Crippen LogP contribution in [0.2, 0.25) is 0 Å². The summed E-state index contributed by atoms with van der Waals surface area (Å²) in [4.78, 5) is 99.5. The molecule has 4 N–H and O–H groups in total. The monoisotopic (exact) mass is 895 g/mol. The zero-order valence-electron chi connectivity index (χ0n) is 37.6. The molecule has 5 unspecified atom stereocenters. The van der Waals surface area contributed by atoms with Gasteiger partial charge in [-0.1, -0.05) is 120 Å². The number of nitrogens with zero attached hydrogens (tertiary/aromatic N) is 3.